The molecule has 1 aliphatic carbocycles. The van der Waals surface area contributed by atoms with E-state index in [2.05, 4.69) is 4.98 Å². The minimum atomic E-state index is -0.542. The first-order valence-corrected chi connectivity index (χ1v) is 8.49. The third-order valence-corrected chi connectivity index (χ3v) is 4.43. The Morgan fingerprint density at radius 2 is 1.67 bits per heavy atom. The van der Waals surface area contributed by atoms with Crippen LogP contribution in [-0.2, 0) is 14.3 Å². The van der Waals surface area contributed by atoms with E-state index in [1.807, 2.05) is 0 Å². The number of aromatic nitrogens is 1. The van der Waals surface area contributed by atoms with Crippen molar-refractivity contribution < 1.29 is 23.9 Å². The lowest BCUT2D eigenvalue weighted by Crippen LogP contribution is -2.19. The van der Waals surface area contributed by atoms with E-state index in [9.17, 15) is 14.4 Å². The van der Waals surface area contributed by atoms with E-state index in [1.165, 1.54) is 0 Å². The van der Waals surface area contributed by atoms with Gasteiger partial charge in [-0.2, -0.15) is 0 Å². The lowest BCUT2D eigenvalue weighted by atomic mass is 10.0. The molecule has 6 heteroatoms. The van der Waals surface area contributed by atoms with Gasteiger partial charge in [0.05, 0.1) is 17.7 Å². The molecule has 1 heterocycles. The zero-order chi connectivity index (χ0) is 17.7. The Kier molecular flexibility index (Phi) is 6.17. The maximum Gasteiger partial charge on any atom is 0.340 e. The lowest BCUT2D eigenvalue weighted by molar-refractivity contribution is -0.143. The van der Waals surface area contributed by atoms with Crippen molar-refractivity contribution in [2.75, 3.05) is 13.2 Å². The van der Waals surface area contributed by atoms with Crippen LogP contribution in [0.3, 0.4) is 0 Å². The van der Waals surface area contributed by atoms with Gasteiger partial charge in [0.25, 0.3) is 0 Å². The molecule has 1 saturated carbocycles. The number of esters is 2. The monoisotopic (exact) mass is 335 g/mol. The Morgan fingerprint density at radius 3 is 2.29 bits per heavy atom. The molecule has 2 rings (SSSR count). The molecule has 0 atom stereocenters. The van der Waals surface area contributed by atoms with Crippen molar-refractivity contribution in [3.8, 4) is 0 Å². The van der Waals surface area contributed by atoms with Gasteiger partial charge in [-0.25, -0.2) is 4.79 Å². The molecule has 1 aromatic heterocycles. The minimum absolute atomic E-state index is 0.228. The molecule has 1 N–H and O–H groups in total. The molecule has 0 unspecified atom stereocenters. The highest BCUT2D eigenvalue weighted by atomic mass is 16.5. The van der Waals surface area contributed by atoms with E-state index in [0.29, 0.717) is 23.7 Å². The normalized spacial score (nSPS) is 14.6. The van der Waals surface area contributed by atoms with Crippen LogP contribution in [0.2, 0.25) is 0 Å². The van der Waals surface area contributed by atoms with Crippen LogP contribution in [0.25, 0.3) is 0 Å². The number of ketones is 1. The fourth-order valence-corrected chi connectivity index (χ4v) is 3.32. The molecule has 0 spiro atoms. The zero-order valence-electron chi connectivity index (χ0n) is 14.6. The highest BCUT2D eigenvalue weighted by Gasteiger charge is 2.26. The van der Waals surface area contributed by atoms with Gasteiger partial charge in [-0.15, -0.1) is 0 Å². The number of hydrogen-bond donors (Lipinski definition) is 1. The van der Waals surface area contributed by atoms with Crippen LogP contribution < -0.4 is 0 Å². The molecule has 24 heavy (non-hydrogen) atoms. The highest BCUT2D eigenvalue weighted by Crippen LogP contribution is 2.27. The summed E-state index contributed by atoms with van der Waals surface area (Å²) >= 11 is 0. The topological polar surface area (TPSA) is 85.5 Å². The number of Topliss-reactive ketones (excluding diaryl/α,β-unsaturated/α-hetero) is 1. The lowest BCUT2D eigenvalue weighted by Gasteiger charge is -2.09. The van der Waals surface area contributed by atoms with Crippen molar-refractivity contribution in [3.63, 3.8) is 0 Å². The third kappa shape index (κ3) is 4.24. The Morgan fingerprint density at radius 1 is 1.04 bits per heavy atom. The van der Waals surface area contributed by atoms with Gasteiger partial charge in [-0.05, 0) is 39.5 Å². The van der Waals surface area contributed by atoms with Gasteiger partial charge in [0.15, 0.2) is 6.61 Å². The van der Waals surface area contributed by atoms with Crippen LogP contribution in [0.4, 0.5) is 0 Å². The van der Waals surface area contributed by atoms with Gasteiger partial charge < -0.3 is 14.5 Å². The van der Waals surface area contributed by atoms with Crippen LogP contribution in [-0.4, -0.2) is 35.9 Å². The van der Waals surface area contributed by atoms with Crippen molar-refractivity contribution in [2.24, 2.45) is 5.92 Å². The van der Waals surface area contributed by atoms with Gasteiger partial charge in [0, 0.05) is 17.8 Å². The minimum Gasteiger partial charge on any atom is -0.462 e. The summed E-state index contributed by atoms with van der Waals surface area (Å²) in [6, 6.07) is 0. The molecular formula is C18H25NO5. The van der Waals surface area contributed by atoms with E-state index in [-0.39, 0.29) is 36.1 Å². The van der Waals surface area contributed by atoms with Gasteiger partial charge in [-0.3, -0.25) is 9.59 Å². The van der Waals surface area contributed by atoms with Crippen LogP contribution >= 0.6 is 0 Å². The van der Waals surface area contributed by atoms with Crippen molar-refractivity contribution in [2.45, 2.75) is 52.9 Å². The highest BCUT2D eigenvalue weighted by molar-refractivity contribution is 6.09. The summed E-state index contributed by atoms with van der Waals surface area (Å²) in [5.74, 6) is -0.906. The number of carbonyl (C=O) groups is 3. The smallest absolute Gasteiger partial charge is 0.340 e. The number of aromatic amines is 1. The van der Waals surface area contributed by atoms with Crippen molar-refractivity contribution in [3.05, 3.63) is 22.5 Å². The summed E-state index contributed by atoms with van der Waals surface area (Å²) < 4.78 is 10.1. The van der Waals surface area contributed by atoms with Gasteiger partial charge in [0.1, 0.15) is 0 Å². The molecule has 0 aromatic carbocycles. The molecule has 132 valence electrons. The molecular weight excluding hydrogens is 310 g/mol. The van der Waals surface area contributed by atoms with Crippen LogP contribution in [0, 0.1) is 19.8 Å². The first kappa shape index (κ1) is 18.2. The average molecular weight is 335 g/mol. The van der Waals surface area contributed by atoms with E-state index in [4.69, 9.17) is 9.47 Å². The average Bonchev–Trinajstić information content (AvgIpc) is 3.12. The Hall–Kier alpha value is -2.11. The molecule has 0 amide bonds. The predicted molar refractivity (Wildman–Crippen MR) is 88.1 cm³/mol. The maximum absolute atomic E-state index is 12.4. The van der Waals surface area contributed by atoms with Crippen molar-refractivity contribution >= 4 is 17.7 Å². The third-order valence-electron chi connectivity index (χ3n) is 4.43. The number of nitrogens with one attached hydrogen (secondary N) is 1. The number of H-pyrrole nitrogens is 1. The number of rotatable bonds is 7. The SMILES string of the molecule is CCOC(=O)c1c(C)[nH]c(C)c1C(=O)COC(=O)CC1CCCC1. The van der Waals surface area contributed by atoms with Crippen molar-refractivity contribution in [1.82, 2.24) is 4.98 Å². The molecule has 1 aliphatic rings. The number of carbonyl (C=O) groups excluding carboxylic acids is 3. The van der Waals surface area contributed by atoms with Crippen LogP contribution in [0.1, 0.15) is 71.1 Å². The quantitative estimate of drug-likeness (QED) is 0.611. The maximum atomic E-state index is 12.4. The molecule has 0 bridgehead atoms. The number of aryl methyl sites for hydroxylation is 2. The molecule has 1 fully saturated rings. The van der Waals surface area contributed by atoms with Crippen molar-refractivity contribution in [1.29, 1.82) is 0 Å². The van der Waals surface area contributed by atoms with Crippen LogP contribution in [0.15, 0.2) is 0 Å². The summed E-state index contributed by atoms with van der Waals surface area (Å²) in [4.78, 5) is 39.4. The molecule has 6 nitrogen and oxygen atoms in total. The molecule has 0 radical (unpaired) electrons. The van der Waals surface area contributed by atoms with Crippen LogP contribution in [0.5, 0.6) is 0 Å². The van der Waals surface area contributed by atoms with E-state index >= 15 is 0 Å². The summed E-state index contributed by atoms with van der Waals surface area (Å²) in [5.41, 5.74) is 1.63. The standard InChI is InChI=1S/C18H25NO5/c1-4-23-18(22)17-12(3)19-11(2)16(17)14(20)10-24-15(21)9-13-7-5-6-8-13/h13,19H,4-10H2,1-3H3. The molecule has 0 aliphatic heterocycles. The summed E-state index contributed by atoms with van der Waals surface area (Å²) in [7, 11) is 0. The van der Waals surface area contributed by atoms with E-state index in [0.717, 1.165) is 25.7 Å². The Labute approximate surface area is 141 Å². The second-order valence-corrected chi connectivity index (χ2v) is 6.28. The van der Waals surface area contributed by atoms with E-state index in [1.54, 1.807) is 20.8 Å². The number of ether oxygens (including phenoxy) is 2. The molecule has 1 aromatic rings. The van der Waals surface area contributed by atoms with Gasteiger partial charge in [-0.1, -0.05) is 12.8 Å². The summed E-state index contributed by atoms with van der Waals surface area (Å²) in [5, 5.41) is 0. The summed E-state index contributed by atoms with van der Waals surface area (Å²) in [6.45, 7) is 5.01. The first-order chi connectivity index (χ1) is 11.4. The Bertz CT molecular complexity index is 626. The second kappa shape index (κ2) is 8.13. The van der Waals surface area contributed by atoms with Gasteiger partial charge >= 0.3 is 11.9 Å². The van der Waals surface area contributed by atoms with Gasteiger partial charge in [0.2, 0.25) is 5.78 Å². The fraction of sp³-hybridized carbons (Fsp3) is 0.611. The number of hydrogen-bond acceptors (Lipinski definition) is 5. The predicted octanol–water partition coefficient (Wildman–Crippen LogP) is 3.11. The second-order valence-electron chi connectivity index (χ2n) is 6.28. The first-order valence-electron chi connectivity index (χ1n) is 8.49. The largest absolute Gasteiger partial charge is 0.462 e. The van der Waals surface area contributed by atoms with E-state index < -0.39 is 5.97 Å². The zero-order valence-corrected chi connectivity index (χ0v) is 14.6. The molecule has 0 saturated heterocycles. The summed E-state index contributed by atoms with van der Waals surface area (Å²) in [6.07, 6.45) is 4.77. The Balaban J connectivity index is 2.01. The fourth-order valence-electron chi connectivity index (χ4n) is 3.32.